The lowest BCUT2D eigenvalue weighted by Crippen LogP contribution is -2.58. The Balaban J connectivity index is 1.53. The van der Waals surface area contributed by atoms with Gasteiger partial charge in [-0.05, 0) is 81.5 Å². The van der Waals surface area contributed by atoms with Crippen LogP contribution in [0.25, 0.3) is 0 Å². The van der Waals surface area contributed by atoms with Gasteiger partial charge >= 0.3 is 11.9 Å². The maximum absolute atomic E-state index is 11.8. The molecule has 3 aliphatic carbocycles. The summed E-state index contributed by atoms with van der Waals surface area (Å²) >= 11 is 0. The Hall–Kier alpha value is -1.06. The molecule has 1 aliphatic heterocycles. The van der Waals surface area contributed by atoms with Crippen LogP contribution in [0.15, 0.2) is 0 Å². The minimum absolute atomic E-state index is 0.000938. The first-order valence-corrected chi connectivity index (χ1v) is 10.2. The maximum atomic E-state index is 11.8. The van der Waals surface area contributed by atoms with E-state index in [9.17, 15) is 9.59 Å². The van der Waals surface area contributed by atoms with Crippen LogP contribution in [-0.4, -0.2) is 23.6 Å². The summed E-state index contributed by atoms with van der Waals surface area (Å²) in [7, 11) is 0. The van der Waals surface area contributed by atoms with Gasteiger partial charge in [-0.2, -0.15) is 0 Å². The van der Waals surface area contributed by atoms with Gasteiger partial charge in [-0.1, -0.05) is 6.92 Å². The van der Waals surface area contributed by atoms with E-state index >= 15 is 0 Å². The van der Waals surface area contributed by atoms with E-state index in [1.807, 2.05) is 0 Å². The van der Waals surface area contributed by atoms with Gasteiger partial charge < -0.3 is 9.47 Å². The van der Waals surface area contributed by atoms with E-state index in [0.717, 1.165) is 31.6 Å². The molecule has 0 unspecified atom stereocenters. The average molecular weight is 348 g/mol. The second-order valence-electron chi connectivity index (χ2n) is 9.53. The lowest BCUT2D eigenvalue weighted by Gasteiger charge is -2.61. The van der Waals surface area contributed by atoms with Crippen molar-refractivity contribution in [2.75, 3.05) is 0 Å². The SMILES string of the molecule is CC(=O)O[C@@H]1CC[C@]2(C)[C@H](CC[C@H]3[C@H]2CC[C@@]2(C)OC(=O)CC[C@@H]32)C1. The third kappa shape index (κ3) is 2.80. The van der Waals surface area contributed by atoms with Crippen molar-refractivity contribution < 1.29 is 19.1 Å². The molecule has 1 saturated heterocycles. The summed E-state index contributed by atoms with van der Waals surface area (Å²) < 4.78 is 11.4. The highest BCUT2D eigenvalue weighted by Gasteiger charge is 2.59. The summed E-state index contributed by atoms with van der Waals surface area (Å²) in [5, 5.41) is 0. The van der Waals surface area contributed by atoms with E-state index in [0.29, 0.717) is 29.6 Å². The molecule has 0 aromatic carbocycles. The van der Waals surface area contributed by atoms with Gasteiger partial charge in [0.15, 0.2) is 0 Å². The topological polar surface area (TPSA) is 52.6 Å². The molecule has 7 atom stereocenters. The van der Waals surface area contributed by atoms with Gasteiger partial charge in [0.2, 0.25) is 0 Å². The van der Waals surface area contributed by atoms with Crippen LogP contribution < -0.4 is 0 Å². The molecule has 25 heavy (non-hydrogen) atoms. The lowest BCUT2D eigenvalue weighted by molar-refractivity contribution is -0.205. The monoisotopic (exact) mass is 348 g/mol. The number of hydrogen-bond donors (Lipinski definition) is 0. The molecular weight excluding hydrogens is 316 g/mol. The van der Waals surface area contributed by atoms with Gasteiger partial charge in [0, 0.05) is 19.3 Å². The Kier molecular flexibility index (Phi) is 4.16. The van der Waals surface area contributed by atoms with Gasteiger partial charge in [-0.15, -0.1) is 0 Å². The van der Waals surface area contributed by atoms with Gasteiger partial charge in [-0.25, -0.2) is 0 Å². The molecule has 4 rings (SSSR count). The molecule has 4 aliphatic rings. The predicted molar refractivity (Wildman–Crippen MR) is 93.7 cm³/mol. The number of fused-ring (bicyclic) bond motifs is 5. The number of ether oxygens (including phenoxy) is 2. The summed E-state index contributed by atoms with van der Waals surface area (Å²) in [5.41, 5.74) is 0.136. The Labute approximate surface area is 151 Å². The summed E-state index contributed by atoms with van der Waals surface area (Å²) in [6.07, 6.45) is 9.60. The third-order valence-corrected chi connectivity index (χ3v) is 8.29. The van der Waals surface area contributed by atoms with Crippen molar-refractivity contribution in [3.63, 3.8) is 0 Å². The zero-order valence-corrected chi connectivity index (χ0v) is 15.9. The van der Waals surface area contributed by atoms with Crippen molar-refractivity contribution in [3.05, 3.63) is 0 Å². The second kappa shape index (κ2) is 5.99. The number of esters is 2. The van der Waals surface area contributed by atoms with Crippen LogP contribution in [0.1, 0.15) is 78.6 Å². The van der Waals surface area contributed by atoms with Crippen molar-refractivity contribution in [1.29, 1.82) is 0 Å². The first-order valence-electron chi connectivity index (χ1n) is 10.2. The summed E-state index contributed by atoms with van der Waals surface area (Å²) in [4.78, 5) is 23.2. The van der Waals surface area contributed by atoms with Crippen LogP contribution in [-0.2, 0) is 19.1 Å². The molecule has 0 aromatic rings. The quantitative estimate of drug-likeness (QED) is 0.665. The largest absolute Gasteiger partial charge is 0.463 e. The Morgan fingerprint density at radius 1 is 1.08 bits per heavy atom. The summed E-state index contributed by atoms with van der Waals surface area (Å²) in [6, 6.07) is 0. The number of rotatable bonds is 1. The molecular formula is C21H32O4. The van der Waals surface area contributed by atoms with Crippen LogP contribution in [0.2, 0.25) is 0 Å². The van der Waals surface area contributed by atoms with E-state index in [1.165, 1.54) is 32.6 Å². The van der Waals surface area contributed by atoms with Crippen molar-refractivity contribution in [3.8, 4) is 0 Å². The minimum atomic E-state index is -0.228. The molecule has 0 aromatic heterocycles. The van der Waals surface area contributed by atoms with Crippen molar-refractivity contribution in [1.82, 2.24) is 0 Å². The fourth-order valence-corrected chi connectivity index (χ4v) is 7.08. The number of carbonyl (C=O) groups excluding carboxylic acids is 2. The normalized spacial score (nSPS) is 49.2. The molecule has 0 radical (unpaired) electrons. The summed E-state index contributed by atoms with van der Waals surface area (Å²) in [5.74, 6) is 2.49. The van der Waals surface area contributed by atoms with Gasteiger partial charge in [-0.3, -0.25) is 9.59 Å². The molecule has 4 fully saturated rings. The van der Waals surface area contributed by atoms with E-state index in [2.05, 4.69) is 13.8 Å². The Bertz CT molecular complexity index is 572. The van der Waals surface area contributed by atoms with Gasteiger partial charge in [0.1, 0.15) is 11.7 Å². The van der Waals surface area contributed by atoms with Gasteiger partial charge in [0.05, 0.1) is 0 Å². The van der Waals surface area contributed by atoms with Gasteiger partial charge in [0.25, 0.3) is 0 Å². The maximum Gasteiger partial charge on any atom is 0.306 e. The minimum Gasteiger partial charge on any atom is -0.463 e. The molecule has 1 heterocycles. The molecule has 0 amide bonds. The zero-order chi connectivity index (χ0) is 17.8. The smallest absolute Gasteiger partial charge is 0.306 e. The number of hydrogen-bond acceptors (Lipinski definition) is 4. The van der Waals surface area contributed by atoms with Crippen LogP contribution in [0.5, 0.6) is 0 Å². The Morgan fingerprint density at radius 3 is 2.64 bits per heavy atom. The van der Waals surface area contributed by atoms with Crippen LogP contribution in [0, 0.1) is 29.1 Å². The first kappa shape index (κ1) is 17.4. The van der Waals surface area contributed by atoms with Crippen LogP contribution in [0.3, 0.4) is 0 Å². The molecule has 0 spiro atoms. The molecule has 140 valence electrons. The third-order valence-electron chi connectivity index (χ3n) is 8.29. The van der Waals surface area contributed by atoms with E-state index in [4.69, 9.17) is 9.47 Å². The van der Waals surface area contributed by atoms with Crippen LogP contribution >= 0.6 is 0 Å². The molecule has 4 heteroatoms. The Morgan fingerprint density at radius 2 is 1.88 bits per heavy atom. The fraction of sp³-hybridized carbons (Fsp3) is 0.905. The zero-order valence-electron chi connectivity index (χ0n) is 15.9. The van der Waals surface area contributed by atoms with E-state index < -0.39 is 0 Å². The van der Waals surface area contributed by atoms with E-state index in [1.54, 1.807) is 0 Å². The molecule has 0 bridgehead atoms. The second-order valence-corrected chi connectivity index (χ2v) is 9.53. The molecule has 3 saturated carbocycles. The van der Waals surface area contributed by atoms with Crippen molar-refractivity contribution >= 4 is 11.9 Å². The molecule has 0 N–H and O–H groups in total. The molecule has 4 nitrogen and oxygen atoms in total. The van der Waals surface area contributed by atoms with Crippen LogP contribution in [0.4, 0.5) is 0 Å². The predicted octanol–water partition coefficient (Wildman–Crippen LogP) is 4.26. The fourth-order valence-electron chi connectivity index (χ4n) is 7.08. The highest BCUT2D eigenvalue weighted by atomic mass is 16.6. The summed E-state index contributed by atoms with van der Waals surface area (Å²) in [6.45, 7) is 6.20. The lowest BCUT2D eigenvalue weighted by atomic mass is 9.46. The number of carbonyl (C=O) groups is 2. The van der Waals surface area contributed by atoms with Crippen molar-refractivity contribution in [2.45, 2.75) is 90.3 Å². The highest BCUT2D eigenvalue weighted by molar-refractivity contribution is 5.71. The first-order chi connectivity index (χ1) is 11.8. The van der Waals surface area contributed by atoms with E-state index in [-0.39, 0.29) is 23.6 Å². The van der Waals surface area contributed by atoms with Crippen molar-refractivity contribution in [2.24, 2.45) is 29.1 Å². The average Bonchev–Trinajstić information content (AvgIpc) is 2.53. The highest BCUT2D eigenvalue weighted by Crippen LogP contribution is 2.63. The standard InChI is InChI=1S/C21H32O4/c1-13(22)24-15-8-10-20(2)14(12-15)4-5-16-17(20)9-11-21(3)18(16)6-7-19(23)25-21/h14-18H,4-12H2,1-3H3/t14-,15-,16+,17-,18+,20-,21-/m1/s1.